The molecule has 2 heterocycles. The average molecular weight is 429 g/mol. The van der Waals surface area contributed by atoms with E-state index in [0.717, 1.165) is 5.56 Å². The van der Waals surface area contributed by atoms with Gasteiger partial charge in [-0.3, -0.25) is 24.7 Å². The van der Waals surface area contributed by atoms with Crippen LogP contribution in [0.25, 0.3) is 10.8 Å². The molecule has 9 nitrogen and oxygen atoms in total. The Kier molecular flexibility index (Phi) is 5.98. The summed E-state index contributed by atoms with van der Waals surface area (Å²) in [6, 6.07) is 16.6. The van der Waals surface area contributed by atoms with E-state index < -0.39 is 4.92 Å². The number of carbonyl (C=O) groups is 1. The zero-order valence-electron chi connectivity index (χ0n) is 17.0. The Bertz CT molecular complexity index is 1330. The van der Waals surface area contributed by atoms with Crippen molar-refractivity contribution in [2.24, 2.45) is 0 Å². The fourth-order valence-corrected chi connectivity index (χ4v) is 3.37. The monoisotopic (exact) mass is 429 g/mol. The van der Waals surface area contributed by atoms with Gasteiger partial charge < -0.3 is 5.32 Å². The van der Waals surface area contributed by atoms with E-state index in [4.69, 9.17) is 0 Å². The molecular formula is C23H19N5O4. The predicted octanol–water partition coefficient (Wildman–Crippen LogP) is 2.61. The van der Waals surface area contributed by atoms with Gasteiger partial charge in [-0.15, -0.1) is 0 Å². The Morgan fingerprint density at radius 1 is 1.00 bits per heavy atom. The van der Waals surface area contributed by atoms with Gasteiger partial charge >= 0.3 is 0 Å². The number of nitro groups is 1. The van der Waals surface area contributed by atoms with Crippen LogP contribution in [0.1, 0.15) is 16.8 Å². The van der Waals surface area contributed by atoms with Gasteiger partial charge in [-0.25, -0.2) is 4.68 Å². The average Bonchev–Trinajstić information content (AvgIpc) is 2.81. The number of nitro benzene ring substituents is 1. The fourth-order valence-electron chi connectivity index (χ4n) is 3.37. The number of rotatable bonds is 7. The first kappa shape index (κ1) is 20.9. The minimum absolute atomic E-state index is 0.0271. The maximum absolute atomic E-state index is 12.9. The van der Waals surface area contributed by atoms with Crippen molar-refractivity contribution in [3.05, 3.63) is 110 Å². The molecule has 0 aliphatic heterocycles. The molecular weight excluding hydrogens is 410 g/mol. The number of fused-ring (bicyclic) bond motifs is 1. The molecule has 160 valence electrons. The minimum atomic E-state index is -0.485. The van der Waals surface area contributed by atoms with E-state index in [2.05, 4.69) is 15.4 Å². The van der Waals surface area contributed by atoms with Gasteiger partial charge in [0.15, 0.2) is 0 Å². The summed E-state index contributed by atoms with van der Waals surface area (Å²) < 4.78 is 1.37. The number of nitrogens with one attached hydrogen (secondary N) is 1. The SMILES string of the molecule is O=C(Cc1ccc([N+](=O)[O-])cc1)NCc1nn(Cc2cccnc2)c(=O)c2ccccc12. The van der Waals surface area contributed by atoms with E-state index in [9.17, 15) is 19.7 Å². The summed E-state index contributed by atoms with van der Waals surface area (Å²) in [7, 11) is 0. The van der Waals surface area contributed by atoms with E-state index >= 15 is 0 Å². The van der Waals surface area contributed by atoms with Crippen molar-refractivity contribution in [3.63, 3.8) is 0 Å². The summed E-state index contributed by atoms with van der Waals surface area (Å²) in [6.45, 7) is 0.404. The minimum Gasteiger partial charge on any atom is -0.350 e. The lowest BCUT2D eigenvalue weighted by Crippen LogP contribution is -2.29. The van der Waals surface area contributed by atoms with E-state index in [0.29, 0.717) is 22.0 Å². The highest BCUT2D eigenvalue weighted by molar-refractivity contribution is 5.84. The molecule has 2 aromatic carbocycles. The van der Waals surface area contributed by atoms with Crippen LogP contribution in [0.4, 0.5) is 5.69 Å². The van der Waals surface area contributed by atoms with Crippen molar-refractivity contribution in [3.8, 4) is 0 Å². The third-order valence-corrected chi connectivity index (χ3v) is 4.96. The van der Waals surface area contributed by atoms with Gasteiger partial charge in [0.05, 0.1) is 35.5 Å². The number of amides is 1. The van der Waals surface area contributed by atoms with Crippen molar-refractivity contribution in [1.82, 2.24) is 20.1 Å². The molecule has 0 bridgehead atoms. The highest BCUT2D eigenvalue weighted by Crippen LogP contribution is 2.15. The normalized spacial score (nSPS) is 10.8. The molecule has 4 aromatic rings. The number of hydrogen-bond acceptors (Lipinski definition) is 6. The van der Waals surface area contributed by atoms with Crippen molar-refractivity contribution < 1.29 is 9.72 Å². The van der Waals surface area contributed by atoms with Gasteiger partial charge in [-0.1, -0.05) is 36.4 Å². The molecule has 0 radical (unpaired) electrons. The number of nitrogens with zero attached hydrogens (tertiary/aromatic N) is 4. The van der Waals surface area contributed by atoms with Crippen LogP contribution in [0, 0.1) is 10.1 Å². The number of pyridine rings is 1. The molecule has 0 unspecified atom stereocenters. The van der Waals surface area contributed by atoms with Crippen LogP contribution < -0.4 is 10.9 Å². The van der Waals surface area contributed by atoms with Gasteiger partial charge in [0.25, 0.3) is 11.2 Å². The van der Waals surface area contributed by atoms with Crippen molar-refractivity contribution in [1.29, 1.82) is 0 Å². The largest absolute Gasteiger partial charge is 0.350 e. The number of carbonyl (C=O) groups excluding carboxylic acids is 1. The number of aromatic nitrogens is 3. The predicted molar refractivity (Wildman–Crippen MR) is 118 cm³/mol. The van der Waals surface area contributed by atoms with E-state index in [1.165, 1.54) is 16.8 Å². The Hall–Kier alpha value is -4.40. The van der Waals surface area contributed by atoms with Gasteiger partial charge in [0.1, 0.15) is 0 Å². The summed E-state index contributed by atoms with van der Waals surface area (Å²) in [4.78, 5) is 39.7. The quantitative estimate of drug-likeness (QED) is 0.356. The number of hydrogen-bond donors (Lipinski definition) is 1. The molecule has 0 saturated carbocycles. The van der Waals surface area contributed by atoms with Crippen LogP contribution >= 0.6 is 0 Å². The lowest BCUT2D eigenvalue weighted by atomic mass is 10.1. The first-order valence-corrected chi connectivity index (χ1v) is 9.89. The second-order valence-corrected chi connectivity index (χ2v) is 7.19. The van der Waals surface area contributed by atoms with Crippen LogP contribution in [0.5, 0.6) is 0 Å². The highest BCUT2D eigenvalue weighted by atomic mass is 16.6. The van der Waals surface area contributed by atoms with Gasteiger partial charge in [0, 0.05) is 29.9 Å². The van der Waals surface area contributed by atoms with Crippen molar-refractivity contribution >= 4 is 22.4 Å². The molecule has 9 heteroatoms. The van der Waals surface area contributed by atoms with E-state index in [-0.39, 0.29) is 36.7 Å². The van der Waals surface area contributed by atoms with E-state index in [1.807, 2.05) is 12.1 Å². The number of benzene rings is 2. The third-order valence-electron chi connectivity index (χ3n) is 4.96. The summed E-state index contributed by atoms with van der Waals surface area (Å²) in [5.74, 6) is -0.255. The van der Waals surface area contributed by atoms with Crippen LogP contribution in [-0.4, -0.2) is 25.6 Å². The first-order valence-electron chi connectivity index (χ1n) is 9.89. The smallest absolute Gasteiger partial charge is 0.274 e. The molecule has 0 fully saturated rings. The molecule has 0 saturated heterocycles. The second-order valence-electron chi connectivity index (χ2n) is 7.19. The molecule has 0 aliphatic carbocycles. The lowest BCUT2D eigenvalue weighted by Gasteiger charge is -2.12. The fraction of sp³-hybridized carbons (Fsp3) is 0.130. The first-order chi connectivity index (χ1) is 15.5. The Labute approximate surface area is 182 Å². The molecule has 2 aromatic heterocycles. The summed E-state index contributed by atoms with van der Waals surface area (Å²) in [5.41, 5.74) is 1.82. The Morgan fingerprint density at radius 2 is 1.75 bits per heavy atom. The van der Waals surface area contributed by atoms with Crippen LogP contribution in [0.3, 0.4) is 0 Å². The molecule has 1 N–H and O–H groups in total. The van der Waals surface area contributed by atoms with Gasteiger partial charge in [-0.2, -0.15) is 5.10 Å². The summed E-state index contributed by atoms with van der Waals surface area (Å²) in [5, 5.41) is 19.3. The van der Waals surface area contributed by atoms with Crippen LogP contribution in [0.2, 0.25) is 0 Å². The Balaban J connectivity index is 1.54. The zero-order valence-corrected chi connectivity index (χ0v) is 17.0. The second kappa shape index (κ2) is 9.17. The maximum atomic E-state index is 12.9. The molecule has 0 aliphatic rings. The lowest BCUT2D eigenvalue weighted by molar-refractivity contribution is -0.384. The third kappa shape index (κ3) is 4.67. The van der Waals surface area contributed by atoms with Gasteiger partial charge in [-0.05, 0) is 23.3 Å². The summed E-state index contributed by atoms with van der Waals surface area (Å²) in [6.07, 6.45) is 3.41. The van der Waals surface area contributed by atoms with Crippen molar-refractivity contribution in [2.45, 2.75) is 19.5 Å². The highest BCUT2D eigenvalue weighted by Gasteiger charge is 2.13. The van der Waals surface area contributed by atoms with Crippen molar-refractivity contribution in [2.75, 3.05) is 0 Å². The topological polar surface area (TPSA) is 120 Å². The van der Waals surface area contributed by atoms with Crippen LogP contribution in [-0.2, 0) is 24.3 Å². The molecule has 32 heavy (non-hydrogen) atoms. The van der Waals surface area contributed by atoms with E-state index in [1.54, 1.807) is 48.8 Å². The number of non-ortho nitro benzene ring substituents is 1. The van der Waals surface area contributed by atoms with Gasteiger partial charge in [0.2, 0.25) is 5.91 Å². The summed E-state index contributed by atoms with van der Waals surface area (Å²) >= 11 is 0. The Morgan fingerprint density at radius 3 is 2.44 bits per heavy atom. The molecule has 0 atom stereocenters. The molecule has 4 rings (SSSR count). The molecule has 0 spiro atoms. The van der Waals surface area contributed by atoms with Crippen LogP contribution in [0.15, 0.2) is 77.9 Å². The standard InChI is InChI=1S/C23H19N5O4/c29-22(12-16-7-9-18(10-8-16)28(31)32)25-14-21-19-5-1-2-6-20(19)23(30)27(26-21)15-17-4-3-11-24-13-17/h1-11,13H,12,14-15H2,(H,25,29). The zero-order chi connectivity index (χ0) is 22.5. The molecule has 1 amide bonds. The maximum Gasteiger partial charge on any atom is 0.274 e.